The van der Waals surface area contributed by atoms with Crippen LogP contribution in [0.4, 0.5) is 0 Å². The molecule has 0 bridgehead atoms. The second-order valence-corrected chi connectivity index (χ2v) is 26.7. The van der Waals surface area contributed by atoms with E-state index in [2.05, 4.69) is 67.8 Å². The Kier molecular flexibility index (Phi) is 61.3. The molecule has 0 rings (SSSR count). The van der Waals surface area contributed by atoms with Crippen LogP contribution in [0, 0.1) is 0 Å². The SMILES string of the molecule is CCCCCCCCCCCCC/C=C\C/C=C\CCCCCCCCCCCCCCCCCCCC(=O)NC(COP(=O)(O)OCC[N+](C)(C)C)C(O)/C=C/CC/C=C/CC/C=C/CCCCCCCCCCCCCCCC. The maximum Gasteiger partial charge on any atom is 0.472 e. The van der Waals surface area contributed by atoms with Crippen molar-refractivity contribution in [1.82, 2.24) is 5.32 Å². The summed E-state index contributed by atoms with van der Waals surface area (Å²) in [6.45, 7) is 4.83. The summed E-state index contributed by atoms with van der Waals surface area (Å²) in [7, 11) is 1.55. The molecule has 0 aromatic heterocycles. The predicted octanol–water partition coefficient (Wildman–Crippen LogP) is 22.4. The van der Waals surface area contributed by atoms with E-state index in [0.717, 1.165) is 51.4 Å². The number of aliphatic hydroxyl groups excluding tert-OH is 1. The van der Waals surface area contributed by atoms with E-state index in [1.165, 1.54) is 270 Å². The molecule has 0 heterocycles. The summed E-state index contributed by atoms with van der Waals surface area (Å²) in [5, 5.41) is 14.0. The minimum atomic E-state index is -4.37. The number of rotatable bonds is 65. The Morgan fingerprint density at radius 2 is 0.716 bits per heavy atom. The molecule has 1 amide bonds. The normalized spacial score (nSPS) is 14.0. The van der Waals surface area contributed by atoms with E-state index >= 15 is 0 Å². The van der Waals surface area contributed by atoms with Gasteiger partial charge in [-0.15, -0.1) is 0 Å². The molecular formula is C72H138N2O6P+. The maximum absolute atomic E-state index is 13.0. The molecule has 0 spiro atoms. The molecular weight excluding hydrogens is 1020 g/mol. The molecule has 0 aliphatic carbocycles. The quantitative estimate of drug-likeness (QED) is 0.0243. The van der Waals surface area contributed by atoms with E-state index in [4.69, 9.17) is 9.05 Å². The van der Waals surface area contributed by atoms with Crippen molar-refractivity contribution < 1.29 is 32.9 Å². The molecule has 8 nitrogen and oxygen atoms in total. The smallest absolute Gasteiger partial charge is 0.387 e. The number of aliphatic hydroxyl groups is 1. The van der Waals surface area contributed by atoms with Crippen LogP contribution in [0.25, 0.3) is 0 Å². The van der Waals surface area contributed by atoms with E-state index in [1.54, 1.807) is 6.08 Å². The van der Waals surface area contributed by atoms with Gasteiger partial charge in [0.1, 0.15) is 13.2 Å². The van der Waals surface area contributed by atoms with Gasteiger partial charge in [-0.2, -0.15) is 0 Å². The van der Waals surface area contributed by atoms with Gasteiger partial charge in [-0.3, -0.25) is 13.8 Å². The van der Waals surface area contributed by atoms with Crippen molar-refractivity contribution in [2.45, 2.75) is 353 Å². The predicted molar refractivity (Wildman–Crippen MR) is 355 cm³/mol. The third kappa shape index (κ3) is 65.6. The summed E-state index contributed by atoms with van der Waals surface area (Å²) < 4.78 is 23.8. The van der Waals surface area contributed by atoms with Crippen molar-refractivity contribution in [3.05, 3.63) is 60.8 Å². The lowest BCUT2D eigenvalue weighted by Crippen LogP contribution is -2.45. The van der Waals surface area contributed by atoms with Gasteiger partial charge in [-0.25, -0.2) is 4.57 Å². The van der Waals surface area contributed by atoms with Gasteiger partial charge in [-0.1, -0.05) is 319 Å². The highest BCUT2D eigenvalue weighted by molar-refractivity contribution is 7.47. The second kappa shape index (κ2) is 62.7. The summed E-state index contributed by atoms with van der Waals surface area (Å²) >= 11 is 0. The summed E-state index contributed by atoms with van der Waals surface area (Å²) in [5.41, 5.74) is 0. The van der Waals surface area contributed by atoms with E-state index in [-0.39, 0.29) is 19.1 Å². The number of hydrogen-bond donors (Lipinski definition) is 3. The maximum atomic E-state index is 13.0. The fourth-order valence-electron chi connectivity index (χ4n) is 10.5. The zero-order valence-electron chi connectivity index (χ0n) is 54.5. The van der Waals surface area contributed by atoms with Crippen LogP contribution in [-0.4, -0.2) is 73.4 Å². The van der Waals surface area contributed by atoms with Crippen LogP contribution in [0.3, 0.4) is 0 Å². The molecule has 81 heavy (non-hydrogen) atoms. The van der Waals surface area contributed by atoms with E-state index in [0.29, 0.717) is 17.4 Å². The Balaban J connectivity index is 4.08. The van der Waals surface area contributed by atoms with Crippen LogP contribution in [0.5, 0.6) is 0 Å². The van der Waals surface area contributed by atoms with Crippen LogP contribution < -0.4 is 5.32 Å². The second-order valence-electron chi connectivity index (χ2n) is 25.2. The average Bonchev–Trinajstić information content (AvgIpc) is 3.43. The highest BCUT2D eigenvalue weighted by atomic mass is 31.2. The minimum Gasteiger partial charge on any atom is -0.387 e. The van der Waals surface area contributed by atoms with Crippen molar-refractivity contribution in [1.29, 1.82) is 0 Å². The molecule has 0 aliphatic rings. The van der Waals surface area contributed by atoms with Crippen LogP contribution in [-0.2, 0) is 18.4 Å². The first-order valence-electron chi connectivity index (χ1n) is 35.2. The number of likely N-dealkylation sites (N-methyl/N-ethyl adjacent to an activating group) is 1. The highest BCUT2D eigenvalue weighted by Crippen LogP contribution is 2.43. The van der Waals surface area contributed by atoms with Gasteiger partial charge in [0.25, 0.3) is 0 Å². The molecule has 0 fully saturated rings. The van der Waals surface area contributed by atoms with E-state index < -0.39 is 20.0 Å². The van der Waals surface area contributed by atoms with Gasteiger partial charge in [0.15, 0.2) is 0 Å². The lowest BCUT2D eigenvalue weighted by Gasteiger charge is -2.25. The number of phosphoric acid groups is 1. The van der Waals surface area contributed by atoms with Gasteiger partial charge < -0.3 is 19.8 Å². The molecule has 0 aliphatic heterocycles. The van der Waals surface area contributed by atoms with Crippen LogP contribution in [0.2, 0.25) is 0 Å². The fourth-order valence-corrected chi connectivity index (χ4v) is 11.2. The number of allylic oxidation sites excluding steroid dienone is 9. The standard InChI is InChI=1S/C72H137N2O6P/c1-6-8-10-12-14-16-18-20-22-24-26-28-30-32-33-34-35-36-37-38-39-40-41-42-44-46-48-50-52-54-56-58-60-62-64-66-72(76)73-70(69-80-81(77,78)79-68-67-74(3,4)5)71(75)65-63-61-59-57-55-53-51-49-47-45-43-31-29-27-25-23-21-19-17-15-13-11-9-7-2/h30,32,34-35,47,49,55,57,63,65,70-71,75H,6-29,31,33,36-46,48,50-54,56,58-62,64,66-69H2,1-5H3,(H-,73,76,77,78)/p+1/b32-30-,35-34-,49-47+,57-55+,65-63+. The van der Waals surface area contributed by atoms with Gasteiger partial charge in [-0.05, 0) is 77.0 Å². The summed E-state index contributed by atoms with van der Waals surface area (Å²) in [6.07, 6.45) is 86.7. The number of nitrogens with one attached hydrogen (secondary N) is 1. The first-order valence-corrected chi connectivity index (χ1v) is 36.7. The van der Waals surface area contributed by atoms with Crippen molar-refractivity contribution in [3.63, 3.8) is 0 Å². The van der Waals surface area contributed by atoms with Gasteiger partial charge >= 0.3 is 7.82 Å². The van der Waals surface area contributed by atoms with Gasteiger partial charge in [0.05, 0.1) is 39.9 Å². The summed E-state index contributed by atoms with van der Waals surface area (Å²) in [6, 6.07) is -0.873. The number of carbonyl (C=O) groups is 1. The minimum absolute atomic E-state index is 0.0532. The van der Waals surface area contributed by atoms with Crippen molar-refractivity contribution in [2.24, 2.45) is 0 Å². The lowest BCUT2D eigenvalue weighted by molar-refractivity contribution is -0.870. The number of nitrogens with zero attached hydrogens (tertiary/aromatic N) is 1. The zero-order valence-corrected chi connectivity index (χ0v) is 55.4. The Morgan fingerprint density at radius 1 is 0.420 bits per heavy atom. The molecule has 3 unspecified atom stereocenters. The molecule has 476 valence electrons. The Labute approximate surface area is 504 Å². The van der Waals surface area contributed by atoms with Crippen molar-refractivity contribution in [2.75, 3.05) is 40.9 Å². The number of carbonyl (C=O) groups excluding carboxylic acids is 1. The van der Waals surface area contributed by atoms with Crippen LogP contribution in [0.15, 0.2) is 60.8 Å². The van der Waals surface area contributed by atoms with Gasteiger partial charge in [0.2, 0.25) is 5.91 Å². The van der Waals surface area contributed by atoms with E-state index in [9.17, 15) is 19.4 Å². The molecule has 0 saturated carbocycles. The molecule has 0 aromatic carbocycles. The van der Waals surface area contributed by atoms with Crippen molar-refractivity contribution in [3.8, 4) is 0 Å². The Hall–Kier alpha value is -1.80. The Bertz CT molecular complexity index is 1500. The molecule has 3 atom stereocenters. The summed E-state index contributed by atoms with van der Waals surface area (Å²) in [5.74, 6) is -0.187. The number of amides is 1. The number of quaternary nitrogens is 1. The first-order chi connectivity index (χ1) is 39.5. The number of unbranched alkanes of at least 4 members (excludes halogenated alkanes) is 44. The van der Waals surface area contributed by atoms with Crippen LogP contribution in [0.1, 0.15) is 341 Å². The first kappa shape index (κ1) is 79.2. The fraction of sp³-hybridized carbons (Fsp3) is 0.847. The molecule has 9 heteroatoms. The summed E-state index contributed by atoms with van der Waals surface area (Å²) in [4.78, 5) is 23.4. The van der Waals surface area contributed by atoms with E-state index in [1.807, 2.05) is 27.2 Å². The Morgan fingerprint density at radius 3 is 1.06 bits per heavy atom. The lowest BCUT2D eigenvalue weighted by atomic mass is 10.0. The zero-order chi connectivity index (χ0) is 59.1. The topological polar surface area (TPSA) is 105 Å². The molecule has 0 radical (unpaired) electrons. The molecule has 0 saturated heterocycles. The monoisotopic (exact) mass is 1160 g/mol. The van der Waals surface area contributed by atoms with Crippen molar-refractivity contribution >= 4 is 13.7 Å². The number of phosphoric ester groups is 1. The third-order valence-corrected chi connectivity index (χ3v) is 16.9. The third-order valence-electron chi connectivity index (χ3n) is 15.9. The average molecular weight is 1160 g/mol. The molecule has 0 aromatic rings. The van der Waals surface area contributed by atoms with Gasteiger partial charge in [0, 0.05) is 6.42 Å². The largest absolute Gasteiger partial charge is 0.472 e. The molecule has 3 N–H and O–H groups in total. The highest BCUT2D eigenvalue weighted by Gasteiger charge is 2.28. The number of hydrogen-bond acceptors (Lipinski definition) is 5. The van der Waals surface area contributed by atoms with Crippen LogP contribution >= 0.6 is 7.82 Å².